The van der Waals surface area contributed by atoms with E-state index in [0.29, 0.717) is 5.82 Å². The fourth-order valence-electron chi connectivity index (χ4n) is 10.6. The summed E-state index contributed by atoms with van der Waals surface area (Å²) in [6, 6.07) is 77.1. The number of para-hydroxylation sites is 2. The van der Waals surface area contributed by atoms with Crippen LogP contribution in [0.5, 0.6) is 0 Å². The van der Waals surface area contributed by atoms with E-state index >= 15 is 0 Å². The molecule has 0 atom stereocenters. The zero-order valence-electron chi connectivity index (χ0n) is 32.5. The van der Waals surface area contributed by atoms with E-state index in [4.69, 9.17) is 9.97 Å². The fourth-order valence-corrected chi connectivity index (χ4v) is 10.6. The van der Waals surface area contributed by atoms with Crippen LogP contribution in [-0.2, 0) is 5.41 Å². The molecule has 0 bridgehead atoms. The van der Waals surface area contributed by atoms with Gasteiger partial charge in [0.05, 0.1) is 27.8 Å². The number of rotatable bonds is 4. The number of benzene rings is 9. The van der Waals surface area contributed by atoms with E-state index in [9.17, 15) is 0 Å². The molecule has 0 aliphatic heterocycles. The van der Waals surface area contributed by atoms with Gasteiger partial charge < -0.3 is 4.57 Å². The summed E-state index contributed by atoms with van der Waals surface area (Å²) >= 11 is 0. The average Bonchev–Trinajstić information content (AvgIpc) is 3.94. The highest BCUT2D eigenvalue weighted by molar-refractivity contribution is 6.10. The van der Waals surface area contributed by atoms with Gasteiger partial charge >= 0.3 is 0 Å². The molecule has 0 saturated carbocycles. The van der Waals surface area contributed by atoms with E-state index in [1.54, 1.807) is 0 Å². The van der Waals surface area contributed by atoms with Crippen LogP contribution in [-0.4, -0.2) is 14.5 Å². The monoisotopic (exact) mass is 761 g/mol. The van der Waals surface area contributed by atoms with Crippen LogP contribution in [0.1, 0.15) is 22.3 Å². The quantitative estimate of drug-likeness (QED) is 0.179. The van der Waals surface area contributed by atoms with Crippen molar-refractivity contribution in [3.05, 3.63) is 235 Å². The molecule has 0 radical (unpaired) electrons. The van der Waals surface area contributed by atoms with Crippen LogP contribution in [0.4, 0.5) is 0 Å². The fraction of sp³-hybridized carbons (Fsp3) is 0.0175. The highest BCUT2D eigenvalue weighted by Gasteiger charge is 2.53. The van der Waals surface area contributed by atoms with Gasteiger partial charge in [0, 0.05) is 33.2 Å². The molecule has 278 valence electrons. The van der Waals surface area contributed by atoms with Crippen LogP contribution in [0.15, 0.2) is 212 Å². The second-order valence-corrected chi connectivity index (χ2v) is 16.0. The highest BCUT2D eigenvalue weighted by Crippen LogP contribution is 2.65. The van der Waals surface area contributed by atoms with Crippen molar-refractivity contribution in [2.24, 2.45) is 0 Å². The standard InChI is InChI=1S/C57H35N3/c1-2-17-36(18-3-1)50-35-51(38-20-16-21-39(33-38)60-52-31-14-9-25-43(52)44-26-10-15-32-53(44)60)59-56(58-50)46-34-37-19-4-5-22-40(37)55-54(46)45-27-8-13-30-49(45)57(55)47-28-11-6-23-41(47)42-24-7-12-29-48(42)57/h1-35H. The lowest BCUT2D eigenvalue weighted by Crippen LogP contribution is -2.26. The second-order valence-electron chi connectivity index (χ2n) is 16.0. The third-order valence-corrected chi connectivity index (χ3v) is 13.0. The molecule has 2 aliphatic rings. The second kappa shape index (κ2) is 12.6. The molecule has 0 amide bonds. The molecular weight excluding hydrogens is 727 g/mol. The molecule has 2 aromatic heterocycles. The molecule has 13 rings (SSSR count). The first-order valence-corrected chi connectivity index (χ1v) is 20.7. The molecule has 0 unspecified atom stereocenters. The Morgan fingerprint density at radius 1 is 0.367 bits per heavy atom. The van der Waals surface area contributed by atoms with Crippen LogP contribution < -0.4 is 0 Å². The minimum Gasteiger partial charge on any atom is -0.309 e. The summed E-state index contributed by atoms with van der Waals surface area (Å²) in [6.07, 6.45) is 0. The number of hydrogen-bond donors (Lipinski definition) is 0. The average molecular weight is 762 g/mol. The molecule has 1 spiro atoms. The molecule has 2 aliphatic carbocycles. The lowest BCUT2D eigenvalue weighted by atomic mass is 9.69. The van der Waals surface area contributed by atoms with Crippen molar-refractivity contribution in [3.8, 4) is 61.8 Å². The zero-order chi connectivity index (χ0) is 39.4. The Balaban J connectivity index is 1.11. The van der Waals surface area contributed by atoms with Gasteiger partial charge in [-0.05, 0) is 91.7 Å². The van der Waals surface area contributed by atoms with Gasteiger partial charge in [0.2, 0.25) is 0 Å². The highest BCUT2D eigenvalue weighted by atomic mass is 15.0. The Hall–Kier alpha value is -7.88. The van der Waals surface area contributed by atoms with Gasteiger partial charge in [-0.1, -0.05) is 176 Å². The topological polar surface area (TPSA) is 30.7 Å². The molecule has 2 heterocycles. The van der Waals surface area contributed by atoms with Crippen molar-refractivity contribution in [1.82, 2.24) is 14.5 Å². The molecule has 60 heavy (non-hydrogen) atoms. The van der Waals surface area contributed by atoms with Crippen molar-refractivity contribution in [2.75, 3.05) is 0 Å². The molecule has 0 fully saturated rings. The Morgan fingerprint density at radius 3 is 1.57 bits per heavy atom. The van der Waals surface area contributed by atoms with E-state index in [1.807, 2.05) is 0 Å². The molecule has 9 aromatic carbocycles. The molecule has 0 saturated heterocycles. The summed E-state index contributed by atoms with van der Waals surface area (Å²) < 4.78 is 2.37. The Morgan fingerprint density at radius 2 is 0.883 bits per heavy atom. The molecule has 3 heteroatoms. The van der Waals surface area contributed by atoms with Crippen LogP contribution >= 0.6 is 0 Å². The van der Waals surface area contributed by atoms with E-state index < -0.39 is 5.41 Å². The summed E-state index contributed by atoms with van der Waals surface area (Å²) in [5.41, 5.74) is 18.1. The third kappa shape index (κ3) is 4.49. The summed E-state index contributed by atoms with van der Waals surface area (Å²) in [5, 5.41) is 4.90. The minimum atomic E-state index is -0.509. The van der Waals surface area contributed by atoms with Gasteiger partial charge in [0.1, 0.15) is 0 Å². The van der Waals surface area contributed by atoms with Crippen LogP contribution in [0.3, 0.4) is 0 Å². The van der Waals surface area contributed by atoms with E-state index in [1.165, 1.54) is 77.1 Å². The summed E-state index contributed by atoms with van der Waals surface area (Å²) in [4.78, 5) is 11.1. The predicted molar refractivity (Wildman–Crippen MR) is 246 cm³/mol. The van der Waals surface area contributed by atoms with Crippen LogP contribution in [0.25, 0.3) is 94.4 Å². The van der Waals surface area contributed by atoms with Crippen molar-refractivity contribution in [2.45, 2.75) is 5.41 Å². The van der Waals surface area contributed by atoms with Gasteiger partial charge in [0.15, 0.2) is 5.82 Å². The largest absolute Gasteiger partial charge is 0.309 e. The maximum absolute atomic E-state index is 5.59. The maximum Gasteiger partial charge on any atom is 0.161 e. The normalized spacial score (nSPS) is 13.1. The smallest absolute Gasteiger partial charge is 0.161 e. The van der Waals surface area contributed by atoms with E-state index in [0.717, 1.165) is 33.8 Å². The third-order valence-electron chi connectivity index (χ3n) is 13.0. The van der Waals surface area contributed by atoms with Crippen molar-refractivity contribution >= 4 is 32.6 Å². The Bertz CT molecular complexity index is 3460. The number of hydrogen-bond acceptors (Lipinski definition) is 2. The first-order chi connectivity index (χ1) is 29.8. The Labute approximate surface area is 347 Å². The predicted octanol–water partition coefficient (Wildman–Crippen LogP) is 14.1. The zero-order valence-corrected chi connectivity index (χ0v) is 32.5. The first kappa shape index (κ1) is 33.1. The minimum absolute atomic E-state index is 0.509. The first-order valence-electron chi connectivity index (χ1n) is 20.7. The molecule has 0 N–H and O–H groups in total. The number of nitrogens with zero attached hydrogens (tertiary/aromatic N) is 3. The van der Waals surface area contributed by atoms with Crippen LogP contribution in [0, 0.1) is 0 Å². The van der Waals surface area contributed by atoms with E-state index in [-0.39, 0.29) is 0 Å². The van der Waals surface area contributed by atoms with Gasteiger partial charge in [-0.3, -0.25) is 0 Å². The van der Waals surface area contributed by atoms with Gasteiger partial charge in [0.25, 0.3) is 0 Å². The van der Waals surface area contributed by atoms with Gasteiger partial charge in [-0.25, -0.2) is 9.97 Å². The lowest BCUT2D eigenvalue weighted by Gasteiger charge is -2.31. The SMILES string of the molecule is c1ccc(-c2cc(-c3cccc(-n4c5ccccc5c5ccccc54)c3)nc(-c3cc4ccccc4c4c3-c3ccccc3C43c4ccccc4-c4ccccc43)n2)cc1. The van der Waals surface area contributed by atoms with Gasteiger partial charge in [-0.15, -0.1) is 0 Å². The molecule has 3 nitrogen and oxygen atoms in total. The number of aromatic nitrogens is 3. The summed E-state index contributed by atoms with van der Waals surface area (Å²) in [6.45, 7) is 0. The van der Waals surface area contributed by atoms with Crippen molar-refractivity contribution < 1.29 is 0 Å². The maximum atomic E-state index is 5.59. The molecule has 11 aromatic rings. The summed E-state index contributed by atoms with van der Waals surface area (Å²) in [7, 11) is 0. The lowest BCUT2D eigenvalue weighted by molar-refractivity contribution is 0.801. The molecular formula is C57H35N3. The van der Waals surface area contributed by atoms with Crippen molar-refractivity contribution in [3.63, 3.8) is 0 Å². The van der Waals surface area contributed by atoms with Gasteiger partial charge in [-0.2, -0.15) is 0 Å². The van der Waals surface area contributed by atoms with Crippen LogP contribution in [0.2, 0.25) is 0 Å². The number of fused-ring (bicyclic) bond motifs is 15. The van der Waals surface area contributed by atoms with E-state index in [2.05, 4.69) is 217 Å². The summed E-state index contributed by atoms with van der Waals surface area (Å²) in [5.74, 6) is 0.710. The Kier molecular flexibility index (Phi) is 6.93. The van der Waals surface area contributed by atoms with Crippen molar-refractivity contribution in [1.29, 1.82) is 0 Å².